The zero-order chi connectivity index (χ0) is 55.7. The second-order valence-electron chi connectivity index (χ2n) is 21.6. The molecule has 0 rings (SSSR count). The van der Waals surface area contributed by atoms with E-state index in [0.717, 1.165) is 122 Å². The van der Waals surface area contributed by atoms with Gasteiger partial charge in [0, 0.05) is 19.3 Å². The van der Waals surface area contributed by atoms with E-state index in [4.69, 9.17) is 14.2 Å². The lowest BCUT2D eigenvalue weighted by molar-refractivity contribution is -0.167. The molecule has 0 aliphatic rings. The third-order valence-electron chi connectivity index (χ3n) is 14.0. The predicted octanol–water partition coefficient (Wildman–Crippen LogP) is 22.4. The SMILES string of the molecule is CC/C=C\C/C=C\C/C=C\C/C=C\C/C=C\CCCCCC(=O)OC(COC(=O)CCCCCCC/C=C\C/C=C\CCCCC)COC(=O)CCCCCCCCCCCCCCC/C=C\CCCCCCCCCC. The molecular weight excluding hydrogens is 949 g/mol. The van der Waals surface area contributed by atoms with Gasteiger partial charge in [-0.2, -0.15) is 0 Å². The normalized spacial score (nSPS) is 12.7. The molecule has 0 fully saturated rings. The average Bonchev–Trinajstić information content (AvgIpc) is 3.43. The molecule has 0 saturated heterocycles. The van der Waals surface area contributed by atoms with E-state index in [0.29, 0.717) is 12.8 Å². The minimum absolute atomic E-state index is 0.0948. The van der Waals surface area contributed by atoms with Crippen molar-refractivity contribution in [2.75, 3.05) is 13.2 Å². The van der Waals surface area contributed by atoms with Crippen molar-refractivity contribution in [3.05, 3.63) is 97.2 Å². The summed E-state index contributed by atoms with van der Waals surface area (Å²) in [5, 5.41) is 0. The van der Waals surface area contributed by atoms with E-state index in [1.54, 1.807) is 0 Å². The lowest BCUT2D eigenvalue weighted by Gasteiger charge is -2.18. The van der Waals surface area contributed by atoms with Gasteiger partial charge in [0.15, 0.2) is 6.10 Å². The summed E-state index contributed by atoms with van der Waals surface area (Å²) in [4.78, 5) is 38.3. The molecule has 6 nitrogen and oxygen atoms in total. The van der Waals surface area contributed by atoms with Crippen molar-refractivity contribution in [2.24, 2.45) is 0 Å². The van der Waals surface area contributed by atoms with Crippen molar-refractivity contribution in [1.82, 2.24) is 0 Å². The highest BCUT2D eigenvalue weighted by molar-refractivity contribution is 5.71. The molecule has 0 saturated carbocycles. The summed E-state index contributed by atoms with van der Waals surface area (Å²) in [6.45, 7) is 6.49. The van der Waals surface area contributed by atoms with Crippen LogP contribution in [0, 0.1) is 0 Å². The lowest BCUT2D eigenvalue weighted by Crippen LogP contribution is -2.30. The highest BCUT2D eigenvalue weighted by Gasteiger charge is 2.19. The molecule has 0 spiro atoms. The minimum Gasteiger partial charge on any atom is -0.462 e. The van der Waals surface area contributed by atoms with Crippen LogP contribution in [0.15, 0.2) is 97.2 Å². The van der Waals surface area contributed by atoms with Crippen LogP contribution >= 0.6 is 0 Å². The Kier molecular flexibility index (Phi) is 61.8. The first-order valence-electron chi connectivity index (χ1n) is 32.7. The highest BCUT2D eigenvalue weighted by atomic mass is 16.6. The number of carbonyl (C=O) groups is 3. The summed E-state index contributed by atoms with van der Waals surface area (Å²) in [5.41, 5.74) is 0. The molecule has 0 radical (unpaired) electrons. The Bertz CT molecular complexity index is 1510. The van der Waals surface area contributed by atoms with Gasteiger partial charge in [0.05, 0.1) is 0 Å². The minimum atomic E-state index is -0.803. The van der Waals surface area contributed by atoms with Gasteiger partial charge < -0.3 is 14.2 Å². The fourth-order valence-electron chi connectivity index (χ4n) is 9.14. The first-order chi connectivity index (χ1) is 38.0. The Morgan fingerprint density at radius 2 is 0.506 bits per heavy atom. The van der Waals surface area contributed by atoms with Gasteiger partial charge in [-0.25, -0.2) is 0 Å². The van der Waals surface area contributed by atoms with Crippen LogP contribution in [-0.2, 0) is 28.6 Å². The number of hydrogen-bond acceptors (Lipinski definition) is 6. The summed E-state index contributed by atoms with van der Waals surface area (Å²) in [6, 6.07) is 0. The van der Waals surface area contributed by atoms with Crippen molar-refractivity contribution in [3.8, 4) is 0 Å². The van der Waals surface area contributed by atoms with E-state index in [-0.39, 0.29) is 37.5 Å². The van der Waals surface area contributed by atoms with Gasteiger partial charge in [0.2, 0.25) is 0 Å². The Labute approximate surface area is 477 Å². The third-order valence-corrected chi connectivity index (χ3v) is 14.0. The van der Waals surface area contributed by atoms with Crippen molar-refractivity contribution >= 4 is 17.9 Å². The van der Waals surface area contributed by atoms with Crippen LogP contribution in [0.5, 0.6) is 0 Å². The van der Waals surface area contributed by atoms with Crippen LogP contribution < -0.4 is 0 Å². The van der Waals surface area contributed by atoms with E-state index in [1.807, 2.05) is 0 Å². The van der Waals surface area contributed by atoms with Crippen LogP contribution in [0.1, 0.15) is 316 Å². The summed E-state index contributed by atoms with van der Waals surface area (Å²) in [5.74, 6) is -0.932. The zero-order valence-electron chi connectivity index (χ0n) is 50.7. The first kappa shape index (κ1) is 73.3. The Hall–Kier alpha value is -3.67. The lowest BCUT2D eigenvalue weighted by atomic mass is 10.0. The Balaban J connectivity index is 4.38. The molecule has 0 N–H and O–H groups in total. The van der Waals surface area contributed by atoms with E-state index in [2.05, 4.69) is 118 Å². The molecule has 6 heteroatoms. The number of unbranched alkanes of at least 4 members (excludes halogenated alkanes) is 32. The largest absolute Gasteiger partial charge is 0.462 e. The van der Waals surface area contributed by atoms with Crippen LogP contribution in [-0.4, -0.2) is 37.2 Å². The fourth-order valence-corrected chi connectivity index (χ4v) is 9.14. The van der Waals surface area contributed by atoms with Gasteiger partial charge in [-0.15, -0.1) is 0 Å². The number of ether oxygens (including phenoxy) is 3. The molecule has 0 bridgehead atoms. The smallest absolute Gasteiger partial charge is 0.306 e. The molecule has 0 amide bonds. The average molecular weight is 1070 g/mol. The number of allylic oxidation sites excluding steroid dienone is 16. The zero-order valence-corrected chi connectivity index (χ0v) is 50.7. The number of esters is 3. The Morgan fingerprint density at radius 3 is 0.844 bits per heavy atom. The van der Waals surface area contributed by atoms with E-state index >= 15 is 0 Å². The number of carbonyl (C=O) groups excluding carboxylic acids is 3. The van der Waals surface area contributed by atoms with E-state index < -0.39 is 6.10 Å². The standard InChI is InChI=1S/C71H122O6/c1-4-7-10-13-16-19-22-25-28-30-32-33-34-35-36-37-39-40-43-46-49-52-55-58-61-64-70(73)76-67-68(66-75-69(72)63-60-57-54-51-48-45-42-27-24-21-18-15-12-9-6-3)77-71(74)65-62-59-56-53-50-47-44-41-38-31-29-26-23-20-17-14-11-8-5-2/h8,11,17-18,20-21,26-27,29-30,32,38,41-42,47,50,68H,4-7,9-10,12-16,19,22-25,28,31,33-37,39-40,43-46,48-49,51-67H2,1-3H3/b11-8-,20-17-,21-18-,29-26-,32-30-,41-38-,42-27-,50-47-. The summed E-state index contributed by atoms with van der Waals surface area (Å²) >= 11 is 0. The molecule has 0 aromatic carbocycles. The van der Waals surface area contributed by atoms with Crippen molar-refractivity contribution in [2.45, 2.75) is 322 Å². The molecule has 1 atom stereocenters. The maximum absolute atomic E-state index is 12.9. The van der Waals surface area contributed by atoms with Gasteiger partial charge in [-0.05, 0) is 122 Å². The van der Waals surface area contributed by atoms with Crippen LogP contribution in [0.2, 0.25) is 0 Å². The van der Waals surface area contributed by atoms with E-state index in [9.17, 15) is 14.4 Å². The number of hydrogen-bond donors (Lipinski definition) is 0. The van der Waals surface area contributed by atoms with Gasteiger partial charge in [0.25, 0.3) is 0 Å². The topological polar surface area (TPSA) is 78.9 Å². The van der Waals surface area contributed by atoms with Gasteiger partial charge in [-0.3, -0.25) is 14.4 Å². The van der Waals surface area contributed by atoms with Crippen LogP contribution in [0.25, 0.3) is 0 Å². The summed E-state index contributed by atoms with van der Waals surface area (Å²) in [7, 11) is 0. The van der Waals surface area contributed by atoms with Crippen molar-refractivity contribution in [3.63, 3.8) is 0 Å². The molecule has 0 aromatic rings. The van der Waals surface area contributed by atoms with Crippen molar-refractivity contribution < 1.29 is 28.6 Å². The molecule has 0 aromatic heterocycles. The third kappa shape index (κ3) is 63.0. The number of rotatable bonds is 59. The maximum atomic E-state index is 12.9. The molecule has 77 heavy (non-hydrogen) atoms. The van der Waals surface area contributed by atoms with Gasteiger partial charge in [-0.1, -0.05) is 272 Å². The van der Waals surface area contributed by atoms with E-state index in [1.165, 1.54) is 154 Å². The predicted molar refractivity (Wildman–Crippen MR) is 334 cm³/mol. The highest BCUT2D eigenvalue weighted by Crippen LogP contribution is 2.16. The van der Waals surface area contributed by atoms with Gasteiger partial charge >= 0.3 is 17.9 Å². The van der Waals surface area contributed by atoms with Crippen LogP contribution in [0.4, 0.5) is 0 Å². The van der Waals surface area contributed by atoms with Crippen LogP contribution in [0.3, 0.4) is 0 Å². The fraction of sp³-hybridized carbons (Fsp3) is 0.732. The van der Waals surface area contributed by atoms with Crippen molar-refractivity contribution in [1.29, 1.82) is 0 Å². The summed E-state index contributed by atoms with van der Waals surface area (Å²) < 4.78 is 16.9. The summed E-state index contributed by atoms with van der Waals surface area (Å²) in [6.07, 6.45) is 87.0. The maximum Gasteiger partial charge on any atom is 0.306 e. The first-order valence-corrected chi connectivity index (χ1v) is 32.7. The Morgan fingerprint density at radius 1 is 0.273 bits per heavy atom. The quantitative estimate of drug-likeness (QED) is 0.0261. The molecule has 0 aliphatic heterocycles. The molecule has 442 valence electrons. The molecule has 1 unspecified atom stereocenters. The molecule has 0 aliphatic carbocycles. The second-order valence-corrected chi connectivity index (χ2v) is 21.6. The molecule has 0 heterocycles. The molecular formula is C71H122O6. The van der Waals surface area contributed by atoms with Gasteiger partial charge in [0.1, 0.15) is 13.2 Å². The monoisotopic (exact) mass is 1070 g/mol. The second kappa shape index (κ2) is 64.9.